The van der Waals surface area contributed by atoms with Crippen LogP contribution < -0.4 is 0 Å². The van der Waals surface area contributed by atoms with Crippen molar-refractivity contribution in [1.82, 2.24) is 0 Å². The normalized spacial score (nSPS) is 15.7. The molecule has 4 nitrogen and oxygen atoms in total. The van der Waals surface area contributed by atoms with Crippen molar-refractivity contribution < 1.29 is 19.4 Å². The molecular formula is C20H30O4. The number of ether oxygens (including phenoxy) is 1. The standard InChI is InChI=1S/C20H30O4/c1-15(2)7-4-11-18(20(22)23)12-6-9-16(3)8-5-10-17-13-19(21)24-14-17/h7-8,13,18H,4-6,9-12,14H2,1-3H3,(H,22,23)/b16-8+. The molecule has 0 aliphatic carbocycles. The molecule has 1 rings (SSSR count). The molecule has 0 fully saturated rings. The third-order valence-electron chi connectivity index (χ3n) is 4.22. The van der Waals surface area contributed by atoms with Gasteiger partial charge in [0.25, 0.3) is 0 Å². The zero-order chi connectivity index (χ0) is 17.9. The molecule has 0 radical (unpaired) electrons. The minimum atomic E-state index is -0.684. The molecule has 0 aromatic carbocycles. The molecule has 1 heterocycles. The number of hydrogen-bond acceptors (Lipinski definition) is 3. The number of carboxylic acid groups (broad SMARTS) is 1. The van der Waals surface area contributed by atoms with Crippen molar-refractivity contribution in [2.24, 2.45) is 5.92 Å². The second kappa shape index (κ2) is 10.8. The van der Waals surface area contributed by atoms with Gasteiger partial charge >= 0.3 is 11.9 Å². The van der Waals surface area contributed by atoms with Crippen LogP contribution in [0.1, 0.15) is 65.7 Å². The average Bonchev–Trinajstić information content (AvgIpc) is 2.90. The third-order valence-corrected chi connectivity index (χ3v) is 4.22. The first-order valence-electron chi connectivity index (χ1n) is 8.76. The highest BCUT2D eigenvalue weighted by Gasteiger charge is 2.16. The molecule has 24 heavy (non-hydrogen) atoms. The van der Waals surface area contributed by atoms with Crippen molar-refractivity contribution in [3.8, 4) is 0 Å². The maximum absolute atomic E-state index is 11.3. The summed E-state index contributed by atoms with van der Waals surface area (Å²) in [5.74, 6) is -1.17. The van der Waals surface area contributed by atoms with E-state index in [2.05, 4.69) is 19.1 Å². The van der Waals surface area contributed by atoms with E-state index in [-0.39, 0.29) is 11.9 Å². The van der Waals surface area contributed by atoms with Gasteiger partial charge in [-0.2, -0.15) is 0 Å². The summed E-state index contributed by atoms with van der Waals surface area (Å²) >= 11 is 0. The van der Waals surface area contributed by atoms with Crippen molar-refractivity contribution in [3.05, 3.63) is 34.9 Å². The van der Waals surface area contributed by atoms with Crippen LogP contribution >= 0.6 is 0 Å². The van der Waals surface area contributed by atoms with Gasteiger partial charge < -0.3 is 9.84 Å². The second-order valence-electron chi connectivity index (χ2n) is 6.79. The zero-order valence-electron chi connectivity index (χ0n) is 15.1. The minimum absolute atomic E-state index is 0.237. The lowest BCUT2D eigenvalue weighted by Crippen LogP contribution is -2.13. The average molecular weight is 334 g/mol. The number of aliphatic carboxylic acids is 1. The molecule has 0 saturated carbocycles. The number of esters is 1. The maximum atomic E-state index is 11.3. The summed E-state index contributed by atoms with van der Waals surface area (Å²) in [7, 11) is 0. The van der Waals surface area contributed by atoms with Gasteiger partial charge in [-0.15, -0.1) is 0 Å². The smallest absolute Gasteiger partial charge is 0.331 e. The lowest BCUT2D eigenvalue weighted by atomic mass is 9.95. The SMILES string of the molecule is CC(C)=CCCC(CCC/C(C)=C/CCC1=CC(=O)OC1)C(=O)O. The van der Waals surface area contributed by atoms with Gasteiger partial charge in [-0.05, 0) is 71.3 Å². The highest BCUT2D eigenvalue weighted by Crippen LogP contribution is 2.19. The van der Waals surface area contributed by atoms with Gasteiger partial charge in [-0.3, -0.25) is 4.79 Å². The number of carbonyl (C=O) groups is 2. The van der Waals surface area contributed by atoms with Crippen LogP contribution in [0.3, 0.4) is 0 Å². The van der Waals surface area contributed by atoms with Crippen LogP contribution in [0.15, 0.2) is 34.9 Å². The number of hydrogen-bond donors (Lipinski definition) is 1. The Hall–Kier alpha value is -1.84. The summed E-state index contributed by atoms with van der Waals surface area (Å²) in [6.07, 6.45) is 11.7. The van der Waals surface area contributed by atoms with E-state index in [0.717, 1.165) is 44.1 Å². The van der Waals surface area contributed by atoms with Crippen LogP contribution in [0.2, 0.25) is 0 Å². The Balaban J connectivity index is 2.26. The lowest BCUT2D eigenvalue weighted by molar-refractivity contribution is -0.142. The van der Waals surface area contributed by atoms with Crippen molar-refractivity contribution in [3.63, 3.8) is 0 Å². The van der Waals surface area contributed by atoms with Gasteiger partial charge in [-0.1, -0.05) is 23.3 Å². The van der Waals surface area contributed by atoms with Gasteiger partial charge in [-0.25, -0.2) is 4.79 Å². The molecule has 0 aromatic rings. The Morgan fingerprint density at radius 3 is 2.58 bits per heavy atom. The Morgan fingerprint density at radius 1 is 1.25 bits per heavy atom. The van der Waals surface area contributed by atoms with E-state index in [1.807, 2.05) is 13.8 Å². The predicted molar refractivity (Wildman–Crippen MR) is 95.7 cm³/mol. The van der Waals surface area contributed by atoms with Crippen LogP contribution in [-0.2, 0) is 14.3 Å². The highest BCUT2D eigenvalue weighted by atomic mass is 16.5. The predicted octanol–water partition coefficient (Wildman–Crippen LogP) is 4.81. The largest absolute Gasteiger partial charge is 0.481 e. The first-order chi connectivity index (χ1) is 11.4. The summed E-state index contributed by atoms with van der Waals surface area (Å²) in [6.45, 7) is 6.59. The van der Waals surface area contributed by atoms with Crippen LogP contribution in [-0.4, -0.2) is 23.7 Å². The summed E-state index contributed by atoms with van der Waals surface area (Å²) < 4.78 is 4.87. The fraction of sp³-hybridized carbons (Fsp3) is 0.600. The number of rotatable bonds is 11. The maximum Gasteiger partial charge on any atom is 0.331 e. The first-order valence-corrected chi connectivity index (χ1v) is 8.76. The second-order valence-corrected chi connectivity index (χ2v) is 6.79. The number of cyclic esters (lactones) is 1. The molecule has 0 amide bonds. The Labute approximate surface area is 145 Å². The van der Waals surface area contributed by atoms with E-state index < -0.39 is 5.97 Å². The molecule has 4 heteroatoms. The van der Waals surface area contributed by atoms with Gasteiger partial charge in [0.15, 0.2) is 0 Å². The van der Waals surface area contributed by atoms with E-state index in [0.29, 0.717) is 13.0 Å². The van der Waals surface area contributed by atoms with Crippen molar-refractivity contribution in [2.45, 2.75) is 65.7 Å². The summed E-state index contributed by atoms with van der Waals surface area (Å²) in [6, 6.07) is 0. The molecule has 1 atom stereocenters. The Bertz CT molecular complexity index is 522. The first kappa shape index (κ1) is 20.2. The molecule has 1 aliphatic heterocycles. The number of carboxylic acids is 1. The lowest BCUT2D eigenvalue weighted by Gasteiger charge is -2.11. The summed E-state index contributed by atoms with van der Waals surface area (Å²) in [4.78, 5) is 22.3. The fourth-order valence-electron chi connectivity index (χ4n) is 2.76. The Kier molecular flexibility index (Phi) is 9.13. The van der Waals surface area contributed by atoms with Crippen LogP contribution in [0.5, 0.6) is 0 Å². The molecule has 0 spiro atoms. The fourth-order valence-corrected chi connectivity index (χ4v) is 2.76. The molecule has 134 valence electrons. The molecule has 1 N–H and O–H groups in total. The van der Waals surface area contributed by atoms with Crippen LogP contribution in [0, 0.1) is 5.92 Å². The summed E-state index contributed by atoms with van der Waals surface area (Å²) in [5, 5.41) is 9.31. The van der Waals surface area contributed by atoms with Crippen LogP contribution in [0.25, 0.3) is 0 Å². The molecule has 1 unspecified atom stereocenters. The van der Waals surface area contributed by atoms with E-state index in [1.54, 1.807) is 6.08 Å². The highest BCUT2D eigenvalue weighted by molar-refractivity contribution is 5.85. The number of carbonyl (C=O) groups excluding carboxylic acids is 1. The third kappa shape index (κ3) is 8.70. The Morgan fingerprint density at radius 2 is 2.00 bits per heavy atom. The topological polar surface area (TPSA) is 63.6 Å². The number of allylic oxidation sites excluding steroid dienone is 4. The zero-order valence-corrected chi connectivity index (χ0v) is 15.1. The van der Waals surface area contributed by atoms with Crippen molar-refractivity contribution >= 4 is 11.9 Å². The van der Waals surface area contributed by atoms with E-state index >= 15 is 0 Å². The molecular weight excluding hydrogens is 304 g/mol. The van der Waals surface area contributed by atoms with Gasteiger partial charge in [0.05, 0.1) is 5.92 Å². The summed E-state index contributed by atoms with van der Waals surface area (Å²) in [5.41, 5.74) is 3.57. The van der Waals surface area contributed by atoms with E-state index in [1.165, 1.54) is 11.1 Å². The van der Waals surface area contributed by atoms with E-state index in [4.69, 9.17) is 4.74 Å². The molecule has 0 aromatic heterocycles. The molecule has 1 aliphatic rings. The van der Waals surface area contributed by atoms with Gasteiger partial charge in [0, 0.05) is 6.08 Å². The minimum Gasteiger partial charge on any atom is -0.481 e. The quantitative estimate of drug-likeness (QED) is 0.435. The van der Waals surface area contributed by atoms with E-state index in [9.17, 15) is 14.7 Å². The monoisotopic (exact) mass is 334 g/mol. The van der Waals surface area contributed by atoms with Gasteiger partial charge in [0.1, 0.15) is 6.61 Å². The van der Waals surface area contributed by atoms with Crippen molar-refractivity contribution in [2.75, 3.05) is 6.61 Å². The molecule has 0 bridgehead atoms. The van der Waals surface area contributed by atoms with Crippen LogP contribution in [0.4, 0.5) is 0 Å². The van der Waals surface area contributed by atoms with Crippen molar-refractivity contribution in [1.29, 1.82) is 0 Å². The van der Waals surface area contributed by atoms with Gasteiger partial charge in [0.2, 0.25) is 0 Å². The molecule has 0 saturated heterocycles.